The minimum atomic E-state index is -4.49. The highest BCUT2D eigenvalue weighted by atomic mass is 35.5. The number of halogens is 4. The van der Waals surface area contributed by atoms with Crippen LogP contribution in [0.5, 0.6) is 5.88 Å². The Morgan fingerprint density at radius 1 is 1.17 bits per heavy atom. The molecular weight excluding hydrogens is 405 g/mol. The van der Waals surface area contributed by atoms with E-state index in [0.717, 1.165) is 22.7 Å². The highest BCUT2D eigenvalue weighted by molar-refractivity contribution is 6.34. The summed E-state index contributed by atoms with van der Waals surface area (Å²) in [7, 11) is 1.49. The van der Waals surface area contributed by atoms with Gasteiger partial charge < -0.3 is 9.72 Å². The first-order valence-electron chi connectivity index (χ1n) is 8.79. The SMILES string of the molecule is CCn1nc(C(F)(F)F)cc1-c1ccc2[nH]c(-c3ccnc(OC)c3Cl)cc2c1. The lowest BCUT2D eigenvalue weighted by Crippen LogP contribution is -2.07. The number of pyridine rings is 1. The quantitative estimate of drug-likeness (QED) is 0.454. The molecule has 0 saturated carbocycles. The molecule has 3 heterocycles. The molecule has 0 fully saturated rings. The maximum absolute atomic E-state index is 13.1. The number of aromatic nitrogens is 4. The fraction of sp³-hybridized carbons (Fsp3) is 0.200. The fourth-order valence-electron chi connectivity index (χ4n) is 3.24. The van der Waals surface area contributed by atoms with E-state index in [-0.39, 0.29) is 0 Å². The van der Waals surface area contributed by atoms with E-state index in [1.807, 2.05) is 18.2 Å². The Morgan fingerprint density at radius 2 is 1.97 bits per heavy atom. The maximum atomic E-state index is 13.1. The van der Waals surface area contributed by atoms with Gasteiger partial charge in [-0.25, -0.2) is 4.98 Å². The topological polar surface area (TPSA) is 55.7 Å². The number of hydrogen-bond acceptors (Lipinski definition) is 3. The van der Waals surface area contributed by atoms with Crippen LogP contribution >= 0.6 is 11.6 Å². The third-order valence-corrected chi connectivity index (χ3v) is 4.99. The van der Waals surface area contributed by atoms with E-state index < -0.39 is 11.9 Å². The van der Waals surface area contributed by atoms with Crippen molar-refractivity contribution in [3.63, 3.8) is 0 Å². The Hall–Kier alpha value is -3.00. The van der Waals surface area contributed by atoms with Gasteiger partial charge in [0.2, 0.25) is 5.88 Å². The van der Waals surface area contributed by atoms with Gasteiger partial charge >= 0.3 is 6.18 Å². The van der Waals surface area contributed by atoms with Crippen LogP contribution in [0.1, 0.15) is 12.6 Å². The lowest BCUT2D eigenvalue weighted by atomic mass is 10.1. The van der Waals surface area contributed by atoms with E-state index in [1.165, 1.54) is 11.8 Å². The number of fused-ring (bicyclic) bond motifs is 1. The molecule has 0 unspecified atom stereocenters. The molecule has 1 N–H and O–H groups in total. The molecule has 0 aliphatic heterocycles. The molecule has 0 aliphatic carbocycles. The van der Waals surface area contributed by atoms with Crippen molar-refractivity contribution in [1.82, 2.24) is 19.7 Å². The first-order chi connectivity index (χ1) is 13.8. The molecule has 9 heteroatoms. The number of aromatic amines is 1. The van der Waals surface area contributed by atoms with Crippen LogP contribution in [0.4, 0.5) is 13.2 Å². The minimum absolute atomic E-state index is 0.315. The van der Waals surface area contributed by atoms with E-state index >= 15 is 0 Å². The van der Waals surface area contributed by atoms with E-state index in [4.69, 9.17) is 16.3 Å². The predicted octanol–water partition coefficient (Wildman–Crippen LogP) is 5.79. The predicted molar refractivity (Wildman–Crippen MR) is 105 cm³/mol. The van der Waals surface area contributed by atoms with Crippen LogP contribution in [-0.2, 0) is 12.7 Å². The lowest BCUT2D eigenvalue weighted by Gasteiger charge is -2.05. The summed E-state index contributed by atoms with van der Waals surface area (Å²) in [5.74, 6) is 0.315. The number of alkyl halides is 3. The van der Waals surface area contributed by atoms with Gasteiger partial charge in [-0.3, -0.25) is 4.68 Å². The first-order valence-corrected chi connectivity index (χ1v) is 9.16. The van der Waals surface area contributed by atoms with Gasteiger partial charge in [0.05, 0.1) is 12.8 Å². The average molecular weight is 421 g/mol. The average Bonchev–Trinajstić information content (AvgIpc) is 3.31. The Balaban J connectivity index is 1.80. The van der Waals surface area contributed by atoms with Crippen LogP contribution in [0.2, 0.25) is 5.02 Å². The van der Waals surface area contributed by atoms with Gasteiger partial charge in [0, 0.05) is 40.5 Å². The number of H-pyrrole nitrogens is 1. The zero-order valence-corrected chi connectivity index (χ0v) is 16.3. The molecule has 1 aromatic carbocycles. The highest BCUT2D eigenvalue weighted by Gasteiger charge is 2.35. The number of ether oxygens (including phenoxy) is 1. The van der Waals surface area contributed by atoms with Crippen molar-refractivity contribution in [2.75, 3.05) is 7.11 Å². The minimum Gasteiger partial charge on any atom is -0.480 e. The molecule has 4 aromatic rings. The van der Waals surface area contributed by atoms with Crippen LogP contribution in [0.3, 0.4) is 0 Å². The van der Waals surface area contributed by atoms with Gasteiger partial charge in [0.1, 0.15) is 5.02 Å². The standard InChI is InChI=1S/C20H16ClF3N4O/c1-3-28-16(10-17(27-28)20(22,23)24)11-4-5-14-12(8-11)9-15(26-14)13-6-7-25-19(29-2)18(13)21/h4-10,26H,3H2,1-2H3. The summed E-state index contributed by atoms with van der Waals surface area (Å²) >= 11 is 6.36. The molecule has 4 rings (SSSR count). The molecule has 5 nitrogen and oxygen atoms in total. The number of rotatable bonds is 4. The Kier molecular flexibility index (Phi) is 4.74. The molecule has 0 spiro atoms. The van der Waals surface area contributed by atoms with Crippen molar-refractivity contribution in [3.05, 3.63) is 53.3 Å². The molecule has 29 heavy (non-hydrogen) atoms. The molecule has 0 amide bonds. The normalized spacial score (nSPS) is 11.9. The molecule has 3 aromatic heterocycles. The second-order valence-electron chi connectivity index (χ2n) is 6.40. The zero-order valence-electron chi connectivity index (χ0n) is 15.5. The second kappa shape index (κ2) is 7.11. The molecule has 150 valence electrons. The number of benzene rings is 1. The molecular formula is C20H16ClF3N4O. The van der Waals surface area contributed by atoms with Crippen LogP contribution in [0.25, 0.3) is 33.4 Å². The van der Waals surface area contributed by atoms with Gasteiger partial charge in [-0.2, -0.15) is 18.3 Å². The van der Waals surface area contributed by atoms with E-state index in [1.54, 1.807) is 25.3 Å². The third-order valence-electron chi connectivity index (χ3n) is 4.63. The molecule has 0 atom stereocenters. The number of methoxy groups -OCH3 is 1. The van der Waals surface area contributed by atoms with Crippen molar-refractivity contribution >= 4 is 22.5 Å². The van der Waals surface area contributed by atoms with Crippen LogP contribution < -0.4 is 4.74 Å². The third kappa shape index (κ3) is 3.44. The summed E-state index contributed by atoms with van der Waals surface area (Å²) in [5, 5.41) is 4.90. The molecule has 0 radical (unpaired) electrons. The smallest absolute Gasteiger partial charge is 0.435 e. The van der Waals surface area contributed by atoms with Crippen molar-refractivity contribution in [3.8, 4) is 28.4 Å². The van der Waals surface area contributed by atoms with Crippen molar-refractivity contribution in [1.29, 1.82) is 0 Å². The van der Waals surface area contributed by atoms with Gasteiger partial charge in [-0.1, -0.05) is 17.7 Å². The summed E-state index contributed by atoms with van der Waals surface area (Å²) in [5.41, 5.74) is 2.45. The van der Waals surface area contributed by atoms with E-state index in [0.29, 0.717) is 34.3 Å². The van der Waals surface area contributed by atoms with Gasteiger partial charge in [-0.05, 0) is 37.3 Å². The summed E-state index contributed by atoms with van der Waals surface area (Å²) < 4.78 is 45.7. The Bertz CT molecular complexity index is 1200. The van der Waals surface area contributed by atoms with E-state index in [2.05, 4.69) is 15.1 Å². The zero-order chi connectivity index (χ0) is 20.8. The van der Waals surface area contributed by atoms with Gasteiger partial charge in [0.25, 0.3) is 0 Å². The van der Waals surface area contributed by atoms with Crippen molar-refractivity contribution in [2.24, 2.45) is 0 Å². The first kappa shape index (κ1) is 19.3. The summed E-state index contributed by atoms with van der Waals surface area (Å²) in [6, 6.07) is 10.1. The number of aryl methyl sites for hydroxylation is 1. The largest absolute Gasteiger partial charge is 0.480 e. The van der Waals surface area contributed by atoms with Crippen LogP contribution in [0, 0.1) is 0 Å². The van der Waals surface area contributed by atoms with Crippen LogP contribution in [0.15, 0.2) is 42.6 Å². The monoisotopic (exact) mass is 420 g/mol. The fourth-order valence-corrected chi connectivity index (χ4v) is 3.53. The second-order valence-corrected chi connectivity index (χ2v) is 6.77. The number of nitrogens with one attached hydrogen (secondary N) is 1. The lowest BCUT2D eigenvalue weighted by molar-refractivity contribution is -0.141. The molecule has 0 aliphatic rings. The van der Waals surface area contributed by atoms with Crippen molar-refractivity contribution < 1.29 is 17.9 Å². The maximum Gasteiger partial charge on any atom is 0.435 e. The number of nitrogens with zero attached hydrogens (tertiary/aromatic N) is 3. The van der Waals surface area contributed by atoms with E-state index in [9.17, 15) is 13.2 Å². The Labute approximate surface area is 169 Å². The van der Waals surface area contributed by atoms with Gasteiger partial charge in [0.15, 0.2) is 5.69 Å². The number of hydrogen-bond donors (Lipinski definition) is 1. The van der Waals surface area contributed by atoms with Crippen molar-refractivity contribution in [2.45, 2.75) is 19.6 Å². The summed E-state index contributed by atoms with van der Waals surface area (Å²) in [6.45, 7) is 2.08. The molecule has 0 bridgehead atoms. The summed E-state index contributed by atoms with van der Waals surface area (Å²) in [6.07, 6.45) is -2.90. The summed E-state index contributed by atoms with van der Waals surface area (Å²) in [4.78, 5) is 7.33. The highest BCUT2D eigenvalue weighted by Crippen LogP contribution is 2.36. The Morgan fingerprint density at radius 3 is 2.66 bits per heavy atom. The molecule has 0 saturated heterocycles. The van der Waals surface area contributed by atoms with Gasteiger partial charge in [-0.15, -0.1) is 0 Å². The van der Waals surface area contributed by atoms with Crippen LogP contribution in [-0.4, -0.2) is 26.9 Å².